The van der Waals surface area contributed by atoms with Gasteiger partial charge in [-0.2, -0.15) is 0 Å². The minimum absolute atomic E-state index is 0.0752. The van der Waals surface area contributed by atoms with Crippen molar-refractivity contribution in [1.82, 2.24) is 4.90 Å². The van der Waals surface area contributed by atoms with Crippen LogP contribution in [0.25, 0.3) is 0 Å². The zero-order chi connectivity index (χ0) is 6.57. The van der Waals surface area contributed by atoms with E-state index in [0.29, 0.717) is 4.90 Å². The molecule has 0 radical (unpaired) electrons. The van der Waals surface area contributed by atoms with E-state index in [0.717, 1.165) is 0 Å². The van der Waals surface area contributed by atoms with Crippen LogP contribution in [-0.2, 0) is 0 Å². The number of hydrogen-bond acceptors (Lipinski definition) is 1. The van der Waals surface area contributed by atoms with Crippen molar-refractivity contribution >= 4 is 6.16 Å². The first-order valence-corrected chi connectivity index (χ1v) is 2.22. The summed E-state index contributed by atoms with van der Waals surface area (Å²) in [4.78, 5) is 10.1. The average Bonchev–Trinajstić information content (AvgIpc) is 1.69. The van der Waals surface area contributed by atoms with E-state index in [-0.39, 0.29) is 6.54 Å². The van der Waals surface area contributed by atoms with E-state index in [1.165, 1.54) is 6.92 Å². The Balaban J connectivity index is 3.52. The molecule has 48 valence electrons. The van der Waals surface area contributed by atoms with Crippen molar-refractivity contribution in [1.29, 1.82) is 0 Å². The Morgan fingerprint density at radius 1 is 1.75 bits per heavy atom. The Bertz CT molecular complexity index is 82.1. The summed E-state index contributed by atoms with van der Waals surface area (Å²) in [5.41, 5.74) is 0. The summed E-state index contributed by atoms with van der Waals surface area (Å²) in [6.07, 6.45) is -1.71. The zero-order valence-electron chi connectivity index (χ0n) is 4.53. The average molecular weight is 123 g/mol. The molecule has 0 unspecified atom stereocenters. The Morgan fingerprint density at radius 3 is 2.25 bits per heavy atom. The van der Waals surface area contributed by atoms with Gasteiger partial charge in [-0.3, -0.25) is 4.90 Å². The van der Waals surface area contributed by atoms with E-state index < -0.39 is 13.0 Å². The normalized spacial score (nSPS) is 8.88. The topological polar surface area (TPSA) is 20.3 Å². The summed E-state index contributed by atoms with van der Waals surface area (Å²) in [5.74, 6) is 0. The van der Waals surface area contributed by atoms with E-state index in [9.17, 15) is 13.6 Å². The lowest BCUT2D eigenvalue weighted by Gasteiger charge is -2.08. The number of hydrogen-bond donors (Lipinski definition) is 0. The monoisotopic (exact) mass is 123 g/mol. The summed E-state index contributed by atoms with van der Waals surface area (Å²) in [6, 6.07) is 0. The van der Waals surface area contributed by atoms with Gasteiger partial charge in [0.2, 0.25) is 0 Å². The highest BCUT2D eigenvalue weighted by atomic mass is 19.1. The van der Waals surface area contributed by atoms with Gasteiger partial charge >= 0.3 is 6.16 Å². The predicted molar refractivity (Wildman–Crippen MR) is 24.9 cm³/mol. The number of amides is 1. The van der Waals surface area contributed by atoms with Crippen LogP contribution in [0.1, 0.15) is 6.92 Å². The van der Waals surface area contributed by atoms with E-state index in [1.807, 2.05) is 0 Å². The Hall–Kier alpha value is -0.670. The fourth-order valence-corrected chi connectivity index (χ4v) is 0.256. The molecule has 0 atom stereocenters. The highest BCUT2D eigenvalue weighted by molar-refractivity contribution is 5.65. The Labute approximate surface area is 46.1 Å². The maximum Gasteiger partial charge on any atom is 0.402 e. The van der Waals surface area contributed by atoms with Gasteiger partial charge in [-0.15, -0.1) is 4.39 Å². The number of carbonyl (C=O) groups excluding carboxylic acids is 1. The molecule has 0 aromatic carbocycles. The lowest BCUT2D eigenvalue weighted by Crippen LogP contribution is -2.24. The third-order valence-corrected chi connectivity index (χ3v) is 0.775. The molecule has 0 N–H and O–H groups in total. The zero-order valence-corrected chi connectivity index (χ0v) is 4.53. The van der Waals surface area contributed by atoms with Crippen molar-refractivity contribution in [3.8, 4) is 0 Å². The number of carbonyl (C=O) groups is 1. The summed E-state index contributed by atoms with van der Waals surface area (Å²) >= 11 is 0. The molecular weight excluding hydrogens is 116 g/mol. The second-order valence-electron chi connectivity index (χ2n) is 1.23. The lowest BCUT2D eigenvalue weighted by molar-refractivity contribution is 0.153. The van der Waals surface area contributed by atoms with Crippen molar-refractivity contribution in [2.24, 2.45) is 0 Å². The predicted octanol–water partition coefficient (Wildman–Crippen LogP) is 1.32. The second kappa shape index (κ2) is 3.35. The first-order valence-electron chi connectivity index (χ1n) is 2.22. The SMILES string of the molecule is CCN(CF)C(=O)F. The smallest absolute Gasteiger partial charge is 0.287 e. The molecule has 0 bridgehead atoms. The summed E-state index contributed by atoms with van der Waals surface area (Å²) in [5, 5.41) is 0. The summed E-state index contributed by atoms with van der Waals surface area (Å²) in [6.45, 7) is 0.523. The minimum atomic E-state index is -1.71. The van der Waals surface area contributed by atoms with Gasteiger partial charge in [0.15, 0.2) is 6.80 Å². The van der Waals surface area contributed by atoms with Crippen molar-refractivity contribution in [3.63, 3.8) is 0 Å². The van der Waals surface area contributed by atoms with Gasteiger partial charge in [0, 0.05) is 6.54 Å². The van der Waals surface area contributed by atoms with Crippen LogP contribution in [-0.4, -0.2) is 24.4 Å². The van der Waals surface area contributed by atoms with Crippen LogP contribution in [0.5, 0.6) is 0 Å². The third-order valence-electron chi connectivity index (χ3n) is 0.775. The van der Waals surface area contributed by atoms with E-state index >= 15 is 0 Å². The first-order chi connectivity index (χ1) is 3.72. The maximum atomic E-state index is 11.4. The molecule has 1 amide bonds. The van der Waals surface area contributed by atoms with Crippen molar-refractivity contribution < 1.29 is 13.6 Å². The summed E-state index contributed by atoms with van der Waals surface area (Å²) in [7, 11) is 0. The Morgan fingerprint density at radius 2 is 2.25 bits per heavy atom. The van der Waals surface area contributed by atoms with Gasteiger partial charge in [-0.1, -0.05) is 0 Å². The number of halogens is 2. The molecule has 0 spiro atoms. The number of rotatable bonds is 2. The largest absolute Gasteiger partial charge is 0.402 e. The molecule has 4 heteroatoms. The van der Waals surface area contributed by atoms with Crippen molar-refractivity contribution in [2.75, 3.05) is 13.3 Å². The van der Waals surface area contributed by atoms with Gasteiger partial charge in [-0.05, 0) is 6.92 Å². The molecule has 8 heavy (non-hydrogen) atoms. The van der Waals surface area contributed by atoms with Gasteiger partial charge in [0.25, 0.3) is 0 Å². The molecule has 0 saturated heterocycles. The Kier molecular flexibility index (Phi) is 3.07. The van der Waals surface area contributed by atoms with E-state index in [1.54, 1.807) is 0 Å². The van der Waals surface area contributed by atoms with Gasteiger partial charge in [-0.25, -0.2) is 9.18 Å². The molecule has 0 aliphatic carbocycles. The minimum Gasteiger partial charge on any atom is -0.287 e. The molecule has 0 saturated carbocycles. The van der Waals surface area contributed by atoms with Crippen LogP contribution in [0.2, 0.25) is 0 Å². The van der Waals surface area contributed by atoms with Crippen LogP contribution in [0.3, 0.4) is 0 Å². The van der Waals surface area contributed by atoms with Crippen LogP contribution < -0.4 is 0 Å². The van der Waals surface area contributed by atoms with E-state index in [2.05, 4.69) is 0 Å². The number of alkyl halides is 1. The molecule has 2 nitrogen and oxygen atoms in total. The van der Waals surface area contributed by atoms with Gasteiger partial charge in [0.1, 0.15) is 0 Å². The third kappa shape index (κ3) is 1.86. The molecule has 0 fully saturated rings. The molecule has 0 aromatic rings. The second-order valence-corrected chi connectivity index (χ2v) is 1.23. The van der Waals surface area contributed by atoms with Crippen LogP contribution in [0, 0.1) is 0 Å². The van der Waals surface area contributed by atoms with Crippen LogP contribution in [0.4, 0.5) is 13.6 Å². The molecule has 0 aliphatic heterocycles. The first kappa shape index (κ1) is 7.33. The molecule has 0 heterocycles. The highest BCUT2D eigenvalue weighted by Crippen LogP contribution is 1.91. The lowest BCUT2D eigenvalue weighted by atomic mass is 10.7. The van der Waals surface area contributed by atoms with E-state index in [4.69, 9.17) is 0 Å². The van der Waals surface area contributed by atoms with Crippen LogP contribution >= 0.6 is 0 Å². The molecule has 0 aromatic heterocycles. The van der Waals surface area contributed by atoms with Gasteiger partial charge in [0.05, 0.1) is 0 Å². The highest BCUT2D eigenvalue weighted by Gasteiger charge is 2.06. The number of nitrogens with zero attached hydrogens (tertiary/aromatic N) is 1. The van der Waals surface area contributed by atoms with Crippen molar-refractivity contribution in [2.45, 2.75) is 6.92 Å². The quantitative estimate of drug-likeness (QED) is 0.400. The summed E-state index contributed by atoms with van der Waals surface area (Å²) < 4.78 is 22.8. The fourth-order valence-electron chi connectivity index (χ4n) is 0.256. The molecular formula is C4H7F2NO. The molecule has 0 aliphatic rings. The maximum absolute atomic E-state index is 11.4. The van der Waals surface area contributed by atoms with Crippen LogP contribution in [0.15, 0.2) is 0 Å². The fraction of sp³-hybridized carbons (Fsp3) is 0.750. The van der Waals surface area contributed by atoms with Gasteiger partial charge < -0.3 is 0 Å². The molecule has 0 rings (SSSR count). The standard InChI is InChI=1S/C4H7F2NO/c1-2-7(3-5)4(6)8/h2-3H2,1H3. The van der Waals surface area contributed by atoms with Crippen molar-refractivity contribution in [3.05, 3.63) is 0 Å².